The average molecular weight is 275 g/mol. The number of carbonyl (C=O) groups is 2. The number of benzene rings is 1. The minimum atomic E-state index is -0.756. The molecule has 0 aromatic heterocycles. The van der Waals surface area contributed by atoms with Crippen LogP contribution in [-0.2, 0) is 9.59 Å². The van der Waals surface area contributed by atoms with Crippen LogP contribution in [0.2, 0.25) is 0 Å². The molecule has 4 rings (SSSR count). The first kappa shape index (κ1) is 11.8. The van der Waals surface area contributed by atoms with Crippen LogP contribution in [0.25, 0.3) is 0 Å². The van der Waals surface area contributed by atoms with Crippen LogP contribution in [0.5, 0.6) is 0 Å². The zero-order chi connectivity index (χ0) is 14.0. The lowest BCUT2D eigenvalue weighted by Crippen LogP contribution is -2.33. The Morgan fingerprint density at radius 3 is 2.20 bits per heavy atom. The zero-order valence-corrected chi connectivity index (χ0v) is 10.4. The lowest BCUT2D eigenvalue weighted by molar-refractivity contribution is -0.123. The predicted octanol–water partition coefficient (Wildman–Crippen LogP) is 2.28. The number of allylic oxidation sites excluding steroid dienone is 2. The Balaban J connectivity index is 1.80. The van der Waals surface area contributed by atoms with Crippen molar-refractivity contribution in [3.8, 4) is 0 Å². The summed E-state index contributed by atoms with van der Waals surface area (Å²) in [6.45, 7) is 0. The molecular formula is C15H11F2NO2. The zero-order valence-electron chi connectivity index (χ0n) is 10.4. The van der Waals surface area contributed by atoms with Gasteiger partial charge in [0, 0.05) is 6.07 Å². The quantitative estimate of drug-likeness (QED) is 0.582. The number of halogens is 2. The second kappa shape index (κ2) is 3.75. The molecule has 1 aliphatic heterocycles. The summed E-state index contributed by atoms with van der Waals surface area (Å²) in [6, 6.07) is 2.81. The predicted molar refractivity (Wildman–Crippen MR) is 66.6 cm³/mol. The number of fused-ring (bicyclic) bond motifs is 5. The topological polar surface area (TPSA) is 37.4 Å². The minimum absolute atomic E-state index is 0.0584. The molecule has 1 aromatic carbocycles. The van der Waals surface area contributed by atoms with E-state index >= 15 is 0 Å². The highest BCUT2D eigenvalue weighted by Gasteiger charge is 2.59. The molecule has 0 N–H and O–H groups in total. The Labute approximate surface area is 113 Å². The summed E-state index contributed by atoms with van der Waals surface area (Å²) in [6.07, 6.45) is 4.73. The second-order valence-corrected chi connectivity index (χ2v) is 5.61. The number of carbonyl (C=O) groups excluding carboxylic acids is 2. The van der Waals surface area contributed by atoms with E-state index in [2.05, 4.69) is 0 Å². The molecule has 3 aliphatic rings. The SMILES string of the molecule is O=C1C2C3C=CC(C3)C2C(=O)N1c1cc(F)ccc1F. The van der Waals surface area contributed by atoms with Crippen molar-refractivity contribution < 1.29 is 18.4 Å². The summed E-state index contributed by atoms with van der Waals surface area (Å²) in [5.41, 5.74) is -0.270. The molecule has 4 atom stereocenters. The van der Waals surface area contributed by atoms with Crippen LogP contribution in [0, 0.1) is 35.3 Å². The van der Waals surface area contributed by atoms with E-state index in [0.29, 0.717) is 0 Å². The number of anilines is 1. The summed E-state index contributed by atoms with van der Waals surface area (Å²) in [7, 11) is 0. The van der Waals surface area contributed by atoms with Crippen molar-refractivity contribution in [3.05, 3.63) is 42.0 Å². The molecule has 2 fully saturated rings. The van der Waals surface area contributed by atoms with Gasteiger partial charge in [-0.05, 0) is 30.4 Å². The fourth-order valence-electron chi connectivity index (χ4n) is 3.80. The van der Waals surface area contributed by atoms with Crippen molar-refractivity contribution in [2.75, 3.05) is 4.90 Å². The van der Waals surface area contributed by atoms with Gasteiger partial charge >= 0.3 is 0 Å². The first-order chi connectivity index (χ1) is 9.58. The Bertz CT molecular complexity index is 640. The van der Waals surface area contributed by atoms with Crippen LogP contribution in [0.15, 0.2) is 30.4 Å². The van der Waals surface area contributed by atoms with Crippen LogP contribution < -0.4 is 4.90 Å². The minimum Gasteiger partial charge on any atom is -0.274 e. The molecule has 0 radical (unpaired) electrons. The first-order valence-electron chi connectivity index (χ1n) is 6.59. The van der Waals surface area contributed by atoms with E-state index < -0.39 is 35.3 Å². The highest BCUT2D eigenvalue weighted by atomic mass is 19.1. The summed E-state index contributed by atoms with van der Waals surface area (Å²) in [4.78, 5) is 25.7. The van der Waals surface area contributed by atoms with E-state index in [9.17, 15) is 18.4 Å². The Morgan fingerprint density at radius 1 is 1.00 bits per heavy atom. The second-order valence-electron chi connectivity index (χ2n) is 5.61. The van der Waals surface area contributed by atoms with Crippen molar-refractivity contribution in [1.82, 2.24) is 0 Å². The standard InChI is InChI=1S/C15H11F2NO2/c16-9-3-4-10(17)11(6-9)18-14(19)12-7-1-2-8(5-7)13(12)15(18)20/h1-4,6-8,12-13H,5H2. The highest BCUT2D eigenvalue weighted by molar-refractivity contribution is 6.22. The molecule has 5 heteroatoms. The van der Waals surface area contributed by atoms with E-state index in [1.165, 1.54) is 0 Å². The van der Waals surface area contributed by atoms with Crippen molar-refractivity contribution in [1.29, 1.82) is 0 Å². The maximum atomic E-state index is 13.8. The lowest BCUT2D eigenvalue weighted by Gasteiger charge is -2.17. The number of hydrogen-bond donors (Lipinski definition) is 0. The molecule has 0 spiro atoms. The molecule has 2 aliphatic carbocycles. The van der Waals surface area contributed by atoms with Gasteiger partial charge in [-0.3, -0.25) is 9.59 Å². The largest absolute Gasteiger partial charge is 0.274 e. The van der Waals surface area contributed by atoms with Gasteiger partial charge in [0.05, 0.1) is 17.5 Å². The number of imide groups is 1. The Hall–Kier alpha value is -2.04. The van der Waals surface area contributed by atoms with Crippen LogP contribution in [-0.4, -0.2) is 11.8 Å². The fraction of sp³-hybridized carbons (Fsp3) is 0.333. The van der Waals surface area contributed by atoms with Crippen molar-refractivity contribution >= 4 is 17.5 Å². The van der Waals surface area contributed by atoms with Gasteiger partial charge in [-0.15, -0.1) is 0 Å². The van der Waals surface area contributed by atoms with E-state index in [1.807, 2.05) is 12.2 Å². The normalized spacial score (nSPS) is 34.2. The maximum Gasteiger partial charge on any atom is 0.238 e. The first-order valence-corrected chi connectivity index (χ1v) is 6.59. The van der Waals surface area contributed by atoms with Crippen molar-refractivity contribution in [2.45, 2.75) is 6.42 Å². The highest BCUT2D eigenvalue weighted by Crippen LogP contribution is 2.53. The number of rotatable bonds is 1. The summed E-state index contributed by atoms with van der Waals surface area (Å²) in [5.74, 6) is -2.91. The molecule has 1 aromatic rings. The van der Waals surface area contributed by atoms with Crippen LogP contribution in [0.1, 0.15) is 6.42 Å². The third-order valence-electron chi connectivity index (χ3n) is 4.62. The van der Waals surface area contributed by atoms with Gasteiger partial charge in [0.2, 0.25) is 11.8 Å². The fourth-order valence-corrected chi connectivity index (χ4v) is 3.80. The molecule has 1 saturated carbocycles. The summed E-state index contributed by atoms with van der Waals surface area (Å²) in [5, 5.41) is 0. The van der Waals surface area contributed by atoms with Gasteiger partial charge in [0.25, 0.3) is 0 Å². The number of hydrogen-bond acceptors (Lipinski definition) is 2. The number of amides is 2. The summed E-state index contributed by atoms with van der Waals surface area (Å²) < 4.78 is 27.1. The van der Waals surface area contributed by atoms with E-state index in [0.717, 1.165) is 29.5 Å². The Kier molecular flexibility index (Phi) is 2.20. The van der Waals surface area contributed by atoms with Crippen LogP contribution >= 0.6 is 0 Å². The smallest absolute Gasteiger partial charge is 0.238 e. The maximum absolute atomic E-state index is 13.8. The van der Waals surface area contributed by atoms with E-state index in [-0.39, 0.29) is 17.5 Å². The van der Waals surface area contributed by atoms with Crippen molar-refractivity contribution in [3.63, 3.8) is 0 Å². The molecule has 102 valence electrons. The molecule has 2 amide bonds. The van der Waals surface area contributed by atoms with Crippen LogP contribution in [0.3, 0.4) is 0 Å². The molecule has 2 bridgehead atoms. The van der Waals surface area contributed by atoms with Crippen LogP contribution in [0.4, 0.5) is 14.5 Å². The molecule has 3 nitrogen and oxygen atoms in total. The van der Waals surface area contributed by atoms with Gasteiger partial charge in [-0.2, -0.15) is 0 Å². The van der Waals surface area contributed by atoms with Gasteiger partial charge in [-0.1, -0.05) is 12.2 Å². The molecule has 4 unspecified atom stereocenters. The monoisotopic (exact) mass is 275 g/mol. The molecule has 1 saturated heterocycles. The van der Waals surface area contributed by atoms with Gasteiger partial charge in [0.15, 0.2) is 0 Å². The number of nitrogens with zero attached hydrogens (tertiary/aromatic N) is 1. The Morgan fingerprint density at radius 2 is 1.60 bits per heavy atom. The van der Waals surface area contributed by atoms with Crippen molar-refractivity contribution in [2.24, 2.45) is 23.7 Å². The third-order valence-corrected chi connectivity index (χ3v) is 4.62. The molecule has 20 heavy (non-hydrogen) atoms. The summed E-state index contributed by atoms with van der Waals surface area (Å²) >= 11 is 0. The van der Waals surface area contributed by atoms with E-state index in [1.54, 1.807) is 0 Å². The molecule has 1 heterocycles. The van der Waals surface area contributed by atoms with Gasteiger partial charge < -0.3 is 0 Å². The lowest BCUT2D eigenvalue weighted by atomic mass is 9.85. The van der Waals surface area contributed by atoms with Gasteiger partial charge in [-0.25, -0.2) is 13.7 Å². The van der Waals surface area contributed by atoms with E-state index in [4.69, 9.17) is 0 Å². The molecular weight excluding hydrogens is 264 g/mol. The average Bonchev–Trinajstić information content (AvgIpc) is 3.08. The van der Waals surface area contributed by atoms with Gasteiger partial charge in [0.1, 0.15) is 11.6 Å². The third kappa shape index (κ3) is 1.32.